The van der Waals surface area contributed by atoms with Crippen molar-refractivity contribution in [3.8, 4) is 0 Å². The Hall–Kier alpha value is -3.03. The van der Waals surface area contributed by atoms with Crippen LogP contribution in [-0.4, -0.2) is 30.5 Å². The smallest absolute Gasteiger partial charge is 0.261 e. The molecule has 0 saturated carbocycles. The van der Waals surface area contributed by atoms with Crippen LogP contribution in [0.15, 0.2) is 30.6 Å². The first-order chi connectivity index (χ1) is 11.5. The molecule has 7 nitrogen and oxygen atoms in total. The lowest BCUT2D eigenvalue weighted by atomic mass is 10.2. The molecule has 0 aliphatic heterocycles. The van der Waals surface area contributed by atoms with Gasteiger partial charge >= 0.3 is 0 Å². The standard InChI is InChI=1S/C16H17FN6O/c1-10-14(11(2)22(3)20-10)15(24)19-16-18-9-23(21-16)8-12-6-4-5-7-13(12)17/h4-7,9H,8H2,1-3H3,(H,19,21,24). The minimum Gasteiger partial charge on any atom is -0.289 e. The molecule has 0 aliphatic carbocycles. The number of anilines is 1. The van der Waals surface area contributed by atoms with Crippen LogP contribution in [0.25, 0.3) is 0 Å². The van der Waals surface area contributed by atoms with Gasteiger partial charge in [-0.1, -0.05) is 18.2 Å². The van der Waals surface area contributed by atoms with E-state index in [0.29, 0.717) is 16.8 Å². The van der Waals surface area contributed by atoms with Crippen LogP contribution in [0.5, 0.6) is 0 Å². The van der Waals surface area contributed by atoms with Crippen LogP contribution in [0.2, 0.25) is 0 Å². The number of aromatic nitrogens is 5. The van der Waals surface area contributed by atoms with Crippen molar-refractivity contribution >= 4 is 11.9 Å². The van der Waals surface area contributed by atoms with E-state index in [1.165, 1.54) is 17.1 Å². The number of carbonyl (C=O) groups is 1. The van der Waals surface area contributed by atoms with Gasteiger partial charge in [0.15, 0.2) is 0 Å². The molecule has 3 aromatic rings. The van der Waals surface area contributed by atoms with E-state index in [4.69, 9.17) is 0 Å². The van der Waals surface area contributed by atoms with Crippen LogP contribution < -0.4 is 5.32 Å². The first kappa shape index (κ1) is 15.9. The van der Waals surface area contributed by atoms with Crippen molar-refractivity contribution in [2.75, 3.05) is 5.32 Å². The zero-order chi connectivity index (χ0) is 17.3. The number of hydrogen-bond acceptors (Lipinski definition) is 4. The Labute approximate surface area is 138 Å². The van der Waals surface area contributed by atoms with Gasteiger partial charge in [-0.3, -0.25) is 14.8 Å². The largest absolute Gasteiger partial charge is 0.289 e. The predicted molar refractivity (Wildman–Crippen MR) is 86.2 cm³/mol. The monoisotopic (exact) mass is 328 g/mol. The summed E-state index contributed by atoms with van der Waals surface area (Å²) in [6.07, 6.45) is 1.45. The quantitative estimate of drug-likeness (QED) is 0.795. The predicted octanol–water partition coefficient (Wildman–Crippen LogP) is 2.07. The topological polar surface area (TPSA) is 77.6 Å². The molecule has 0 aliphatic rings. The fourth-order valence-electron chi connectivity index (χ4n) is 2.50. The van der Waals surface area contributed by atoms with E-state index in [-0.39, 0.29) is 24.2 Å². The number of aryl methyl sites for hydroxylation is 2. The molecule has 8 heteroatoms. The first-order valence-corrected chi connectivity index (χ1v) is 7.40. The van der Waals surface area contributed by atoms with Crippen LogP contribution in [0.3, 0.4) is 0 Å². The Morgan fingerprint density at radius 3 is 2.67 bits per heavy atom. The highest BCUT2D eigenvalue weighted by Crippen LogP contribution is 2.14. The summed E-state index contributed by atoms with van der Waals surface area (Å²) in [6, 6.07) is 6.46. The molecule has 0 fully saturated rings. The molecule has 124 valence electrons. The van der Waals surface area contributed by atoms with Crippen LogP contribution in [0.4, 0.5) is 10.3 Å². The maximum Gasteiger partial charge on any atom is 0.261 e. The molecule has 2 aromatic heterocycles. The lowest BCUT2D eigenvalue weighted by molar-refractivity contribution is 0.102. The third-order valence-electron chi connectivity index (χ3n) is 3.79. The number of amides is 1. The highest BCUT2D eigenvalue weighted by molar-refractivity contribution is 6.04. The summed E-state index contributed by atoms with van der Waals surface area (Å²) < 4.78 is 16.8. The fraction of sp³-hybridized carbons (Fsp3) is 0.250. The normalized spacial score (nSPS) is 10.8. The van der Waals surface area contributed by atoms with Gasteiger partial charge in [-0.15, -0.1) is 5.10 Å². The number of nitrogens with one attached hydrogen (secondary N) is 1. The van der Waals surface area contributed by atoms with Gasteiger partial charge in [0.05, 0.1) is 17.8 Å². The van der Waals surface area contributed by atoms with Crippen molar-refractivity contribution in [1.29, 1.82) is 0 Å². The number of benzene rings is 1. The number of halogens is 1. The van der Waals surface area contributed by atoms with Gasteiger partial charge < -0.3 is 0 Å². The second kappa shape index (κ2) is 6.23. The lowest BCUT2D eigenvalue weighted by Gasteiger charge is -2.03. The SMILES string of the molecule is Cc1nn(C)c(C)c1C(=O)Nc1ncn(Cc2ccccc2F)n1. The molecule has 0 unspecified atom stereocenters. The van der Waals surface area contributed by atoms with Crippen LogP contribution in [0, 0.1) is 19.7 Å². The van der Waals surface area contributed by atoms with Gasteiger partial charge in [-0.2, -0.15) is 5.10 Å². The maximum atomic E-state index is 13.7. The van der Waals surface area contributed by atoms with Gasteiger partial charge in [-0.25, -0.2) is 14.1 Å². The average Bonchev–Trinajstić information content (AvgIpc) is 3.06. The third kappa shape index (κ3) is 3.03. The summed E-state index contributed by atoms with van der Waals surface area (Å²) in [5, 5.41) is 11.0. The maximum absolute atomic E-state index is 13.7. The first-order valence-electron chi connectivity index (χ1n) is 7.40. The zero-order valence-corrected chi connectivity index (χ0v) is 13.6. The average molecular weight is 328 g/mol. The highest BCUT2D eigenvalue weighted by atomic mass is 19.1. The summed E-state index contributed by atoms with van der Waals surface area (Å²) in [6.45, 7) is 3.83. The Balaban J connectivity index is 1.74. The lowest BCUT2D eigenvalue weighted by Crippen LogP contribution is -2.15. The summed E-state index contributed by atoms with van der Waals surface area (Å²) >= 11 is 0. The Bertz CT molecular complexity index is 898. The molecule has 0 saturated heterocycles. The minimum absolute atomic E-state index is 0.166. The minimum atomic E-state index is -0.318. The second-order valence-electron chi connectivity index (χ2n) is 5.48. The fourth-order valence-corrected chi connectivity index (χ4v) is 2.50. The van der Waals surface area contributed by atoms with E-state index in [0.717, 1.165) is 5.69 Å². The van der Waals surface area contributed by atoms with E-state index in [2.05, 4.69) is 20.5 Å². The molecule has 3 rings (SSSR count). The van der Waals surface area contributed by atoms with Crippen LogP contribution in [0.1, 0.15) is 27.3 Å². The van der Waals surface area contributed by atoms with Crippen LogP contribution >= 0.6 is 0 Å². The molecule has 2 heterocycles. The molecule has 24 heavy (non-hydrogen) atoms. The summed E-state index contributed by atoms with van der Waals surface area (Å²) in [5.41, 5.74) is 2.40. The molecule has 0 atom stereocenters. The number of nitrogens with zero attached hydrogens (tertiary/aromatic N) is 5. The summed E-state index contributed by atoms with van der Waals surface area (Å²) in [5.74, 6) is -0.457. The van der Waals surface area contributed by atoms with E-state index < -0.39 is 0 Å². The molecular weight excluding hydrogens is 311 g/mol. The van der Waals surface area contributed by atoms with Gasteiger partial charge in [0.1, 0.15) is 12.1 Å². The highest BCUT2D eigenvalue weighted by Gasteiger charge is 2.18. The van der Waals surface area contributed by atoms with Crippen LogP contribution in [-0.2, 0) is 13.6 Å². The van der Waals surface area contributed by atoms with Crippen molar-refractivity contribution in [1.82, 2.24) is 24.5 Å². The van der Waals surface area contributed by atoms with Gasteiger partial charge in [0.2, 0.25) is 5.95 Å². The number of hydrogen-bond donors (Lipinski definition) is 1. The van der Waals surface area contributed by atoms with Gasteiger partial charge in [0.25, 0.3) is 5.91 Å². The molecule has 0 radical (unpaired) electrons. The molecule has 1 aromatic carbocycles. The number of rotatable bonds is 4. The summed E-state index contributed by atoms with van der Waals surface area (Å²) in [4.78, 5) is 16.4. The molecule has 0 bridgehead atoms. The van der Waals surface area contributed by atoms with Gasteiger partial charge in [-0.05, 0) is 19.9 Å². The Kier molecular flexibility index (Phi) is 4.11. The van der Waals surface area contributed by atoms with E-state index in [1.54, 1.807) is 36.9 Å². The molecule has 1 N–H and O–H groups in total. The van der Waals surface area contributed by atoms with Gasteiger partial charge in [0, 0.05) is 18.3 Å². The van der Waals surface area contributed by atoms with E-state index in [9.17, 15) is 9.18 Å². The Morgan fingerprint density at radius 2 is 2.00 bits per heavy atom. The zero-order valence-electron chi connectivity index (χ0n) is 13.6. The Morgan fingerprint density at radius 1 is 1.25 bits per heavy atom. The molecule has 1 amide bonds. The van der Waals surface area contributed by atoms with Crippen molar-refractivity contribution in [3.05, 3.63) is 58.9 Å². The summed E-state index contributed by atoms with van der Waals surface area (Å²) in [7, 11) is 1.78. The van der Waals surface area contributed by atoms with Crippen molar-refractivity contribution < 1.29 is 9.18 Å². The van der Waals surface area contributed by atoms with E-state index in [1.807, 2.05) is 6.92 Å². The third-order valence-corrected chi connectivity index (χ3v) is 3.79. The second-order valence-corrected chi connectivity index (χ2v) is 5.48. The molecule has 0 spiro atoms. The van der Waals surface area contributed by atoms with E-state index >= 15 is 0 Å². The molecular formula is C16H17FN6O. The van der Waals surface area contributed by atoms with Crippen molar-refractivity contribution in [2.45, 2.75) is 20.4 Å². The number of carbonyl (C=O) groups excluding carboxylic acids is 1. The van der Waals surface area contributed by atoms with Crippen molar-refractivity contribution in [2.24, 2.45) is 7.05 Å². The van der Waals surface area contributed by atoms with Crippen molar-refractivity contribution in [3.63, 3.8) is 0 Å².